The summed E-state index contributed by atoms with van der Waals surface area (Å²) >= 11 is 0. The van der Waals surface area contributed by atoms with Crippen molar-refractivity contribution in [3.8, 4) is 0 Å². The van der Waals surface area contributed by atoms with E-state index in [0.29, 0.717) is 30.4 Å². The van der Waals surface area contributed by atoms with Gasteiger partial charge < -0.3 is 36.5 Å². The molecule has 1 saturated heterocycles. The number of nitrogens with zero attached hydrogens (tertiary/aromatic N) is 1. The van der Waals surface area contributed by atoms with Crippen LogP contribution >= 0.6 is 0 Å². The van der Waals surface area contributed by atoms with Gasteiger partial charge in [-0.05, 0) is 50.3 Å². The molecule has 6 N–H and O–H groups in total. The third kappa shape index (κ3) is 6.51. The van der Waals surface area contributed by atoms with Crippen molar-refractivity contribution in [2.75, 3.05) is 32.7 Å². The number of aliphatic hydroxyl groups is 1. The molecule has 0 aromatic heterocycles. The summed E-state index contributed by atoms with van der Waals surface area (Å²) in [5.41, 5.74) is 1.03. The maximum atomic E-state index is 12.7. The molecule has 9 nitrogen and oxygen atoms in total. The van der Waals surface area contributed by atoms with Gasteiger partial charge in [-0.15, -0.1) is 0 Å². The summed E-state index contributed by atoms with van der Waals surface area (Å²) in [6.45, 7) is 6.13. The number of hydrogen-bond donors (Lipinski definition) is 6. The van der Waals surface area contributed by atoms with Crippen LogP contribution in [0.3, 0.4) is 0 Å². The van der Waals surface area contributed by atoms with Crippen LogP contribution in [0.4, 0.5) is 0 Å². The predicted molar refractivity (Wildman–Crippen MR) is 130 cm³/mol. The van der Waals surface area contributed by atoms with Gasteiger partial charge in [-0.2, -0.15) is 0 Å². The van der Waals surface area contributed by atoms with Crippen molar-refractivity contribution in [1.82, 2.24) is 31.5 Å². The molecule has 4 rings (SSSR count). The Morgan fingerprint density at radius 3 is 2.94 bits per heavy atom. The predicted octanol–water partition coefficient (Wildman–Crippen LogP) is 0.524. The van der Waals surface area contributed by atoms with E-state index in [2.05, 4.69) is 44.5 Å². The number of amides is 1. The molecule has 3 aliphatic heterocycles. The highest BCUT2D eigenvalue weighted by Gasteiger charge is 2.42. The summed E-state index contributed by atoms with van der Waals surface area (Å²) in [4.78, 5) is 26.3. The normalized spacial score (nSPS) is 24.6. The van der Waals surface area contributed by atoms with Crippen LogP contribution in [0.25, 0.3) is 0 Å². The van der Waals surface area contributed by atoms with Crippen molar-refractivity contribution >= 4 is 12.2 Å². The first-order valence-electron chi connectivity index (χ1n) is 12.1. The quantitative estimate of drug-likeness (QED) is 0.203. The van der Waals surface area contributed by atoms with Crippen molar-refractivity contribution in [1.29, 1.82) is 0 Å². The van der Waals surface area contributed by atoms with Crippen LogP contribution in [0.5, 0.6) is 0 Å². The summed E-state index contributed by atoms with van der Waals surface area (Å²) in [6, 6.07) is 0. The molecule has 1 aliphatic carbocycles. The van der Waals surface area contributed by atoms with E-state index in [0.717, 1.165) is 63.0 Å². The summed E-state index contributed by atoms with van der Waals surface area (Å²) in [5.74, 6) is 1.79. The molecule has 2 atom stereocenters. The number of allylic oxidation sites excluding steroid dienone is 2. The smallest absolute Gasteiger partial charge is 0.252 e. The Kier molecular flexibility index (Phi) is 7.74. The SMILES string of the molecule is C[C@H]1CCN(CC2=C(NC(O)NC3=CC=CCCN3)NC=C(C(=O)NCC3(C=O)CC3)C=C2)C1. The zero-order chi connectivity index (χ0) is 24.0. The molecule has 0 aromatic rings. The van der Waals surface area contributed by atoms with Crippen LogP contribution in [0.15, 0.2) is 59.4 Å². The Hall–Kier alpha value is -3.04. The fourth-order valence-corrected chi connectivity index (χ4v) is 4.27. The first-order valence-corrected chi connectivity index (χ1v) is 12.1. The lowest BCUT2D eigenvalue weighted by Gasteiger charge is -2.24. The standard InChI is InChI=1S/C25H36N6O3/c1-18-8-12-31(14-18)15-20-7-6-19(23(33)28-16-25(17-32)9-10-25)13-27-22(20)30-24(34)29-21-5-3-2-4-11-26-21/h2-3,5-7,13,17-18,24,26-27,29-30,34H,4,8-12,14-16H2,1H3,(H,28,33)/t18-,24?/m0/s1. The monoisotopic (exact) mass is 468 g/mol. The van der Waals surface area contributed by atoms with E-state index in [1.807, 2.05) is 18.2 Å². The molecule has 1 amide bonds. The second-order valence-corrected chi connectivity index (χ2v) is 9.68. The van der Waals surface area contributed by atoms with Crippen LogP contribution in [-0.4, -0.2) is 61.3 Å². The molecule has 2 fully saturated rings. The first kappa shape index (κ1) is 24.1. The zero-order valence-corrected chi connectivity index (χ0v) is 19.8. The van der Waals surface area contributed by atoms with Gasteiger partial charge in [0.05, 0.1) is 5.57 Å². The van der Waals surface area contributed by atoms with E-state index < -0.39 is 6.35 Å². The van der Waals surface area contributed by atoms with Gasteiger partial charge in [-0.1, -0.05) is 25.2 Å². The Morgan fingerprint density at radius 1 is 1.35 bits per heavy atom. The van der Waals surface area contributed by atoms with Crippen molar-refractivity contribution in [3.05, 3.63) is 59.4 Å². The number of aldehydes is 1. The van der Waals surface area contributed by atoms with E-state index in [4.69, 9.17) is 0 Å². The highest BCUT2D eigenvalue weighted by Crippen LogP contribution is 2.42. The van der Waals surface area contributed by atoms with Gasteiger partial charge in [0.25, 0.3) is 5.91 Å². The molecule has 1 saturated carbocycles. The lowest BCUT2D eigenvalue weighted by atomic mass is 10.1. The van der Waals surface area contributed by atoms with E-state index >= 15 is 0 Å². The average molecular weight is 469 g/mol. The number of nitrogens with one attached hydrogen (secondary N) is 5. The summed E-state index contributed by atoms with van der Waals surface area (Å²) < 4.78 is 0. The van der Waals surface area contributed by atoms with Crippen LogP contribution in [0.1, 0.15) is 32.6 Å². The minimum atomic E-state index is -1.04. The number of likely N-dealkylation sites (tertiary alicyclic amines) is 1. The van der Waals surface area contributed by atoms with Gasteiger partial charge in [0.1, 0.15) is 17.9 Å². The Morgan fingerprint density at radius 2 is 2.21 bits per heavy atom. The third-order valence-electron chi connectivity index (χ3n) is 6.66. The average Bonchev–Trinajstić information content (AvgIpc) is 3.58. The van der Waals surface area contributed by atoms with Crippen molar-refractivity contribution in [2.24, 2.45) is 11.3 Å². The Bertz CT molecular complexity index is 931. The van der Waals surface area contributed by atoms with Crippen molar-refractivity contribution in [3.63, 3.8) is 0 Å². The van der Waals surface area contributed by atoms with E-state index in [9.17, 15) is 14.7 Å². The molecule has 4 aliphatic rings. The highest BCUT2D eigenvalue weighted by molar-refractivity contribution is 5.96. The number of aliphatic hydroxyl groups excluding tert-OH is 1. The fourth-order valence-electron chi connectivity index (χ4n) is 4.27. The molecule has 9 heteroatoms. The summed E-state index contributed by atoms with van der Waals surface area (Å²) in [5, 5.41) is 26.1. The molecule has 34 heavy (non-hydrogen) atoms. The molecule has 0 radical (unpaired) electrons. The molecular weight excluding hydrogens is 432 g/mol. The van der Waals surface area contributed by atoms with E-state index in [1.54, 1.807) is 12.3 Å². The van der Waals surface area contributed by atoms with Crippen LogP contribution in [-0.2, 0) is 9.59 Å². The topological polar surface area (TPSA) is 118 Å². The summed E-state index contributed by atoms with van der Waals surface area (Å²) in [6.07, 6.45) is 14.9. The van der Waals surface area contributed by atoms with Gasteiger partial charge in [0.15, 0.2) is 0 Å². The van der Waals surface area contributed by atoms with Crippen LogP contribution < -0.4 is 26.6 Å². The van der Waals surface area contributed by atoms with Crippen molar-refractivity contribution < 1.29 is 14.7 Å². The number of rotatable bonds is 10. The van der Waals surface area contributed by atoms with Crippen LogP contribution in [0, 0.1) is 11.3 Å². The van der Waals surface area contributed by atoms with E-state index in [1.165, 1.54) is 0 Å². The molecular formula is C25H36N6O3. The number of hydrogen-bond acceptors (Lipinski definition) is 8. The van der Waals surface area contributed by atoms with Crippen molar-refractivity contribution in [2.45, 2.75) is 39.0 Å². The zero-order valence-electron chi connectivity index (χ0n) is 19.8. The maximum absolute atomic E-state index is 12.7. The second-order valence-electron chi connectivity index (χ2n) is 9.68. The molecule has 0 bridgehead atoms. The minimum absolute atomic E-state index is 0.231. The Balaban J connectivity index is 1.43. The molecule has 184 valence electrons. The number of carbonyl (C=O) groups is 2. The van der Waals surface area contributed by atoms with E-state index in [-0.39, 0.29) is 11.3 Å². The minimum Gasteiger partial charge on any atom is -0.371 e. The molecule has 1 unspecified atom stereocenters. The maximum Gasteiger partial charge on any atom is 0.252 e. The Labute approximate surface area is 201 Å². The first-order chi connectivity index (χ1) is 16.5. The summed E-state index contributed by atoms with van der Waals surface area (Å²) in [7, 11) is 0. The lowest BCUT2D eigenvalue weighted by molar-refractivity contribution is -0.118. The second kappa shape index (κ2) is 10.9. The highest BCUT2D eigenvalue weighted by atomic mass is 16.3. The largest absolute Gasteiger partial charge is 0.371 e. The molecule has 3 heterocycles. The van der Waals surface area contributed by atoms with Gasteiger partial charge in [-0.25, -0.2) is 0 Å². The third-order valence-corrected chi connectivity index (χ3v) is 6.66. The molecule has 0 aromatic carbocycles. The lowest BCUT2D eigenvalue weighted by Crippen LogP contribution is -2.46. The van der Waals surface area contributed by atoms with Gasteiger partial charge in [0.2, 0.25) is 6.35 Å². The molecule has 0 spiro atoms. The number of carbonyl (C=O) groups excluding carboxylic acids is 2. The fraction of sp³-hybridized carbons (Fsp3) is 0.520. The van der Waals surface area contributed by atoms with Gasteiger partial charge in [-0.3, -0.25) is 9.69 Å². The van der Waals surface area contributed by atoms with Crippen LogP contribution in [0.2, 0.25) is 0 Å². The van der Waals surface area contributed by atoms with Gasteiger partial charge >= 0.3 is 0 Å². The van der Waals surface area contributed by atoms with Gasteiger partial charge in [0, 0.05) is 43.4 Å².